The van der Waals surface area contributed by atoms with Crippen LogP contribution in [0.25, 0.3) is 16.9 Å². The number of carbonyl (C=O) groups excluding carboxylic acids is 1. The van der Waals surface area contributed by atoms with Gasteiger partial charge in [0, 0.05) is 23.6 Å². The van der Waals surface area contributed by atoms with E-state index in [0.717, 1.165) is 22.5 Å². The third-order valence-electron chi connectivity index (χ3n) is 4.31. The molecule has 0 bridgehead atoms. The number of halogens is 2. The van der Waals surface area contributed by atoms with Crippen molar-refractivity contribution in [1.29, 1.82) is 0 Å². The van der Waals surface area contributed by atoms with Gasteiger partial charge in [0.05, 0.1) is 21.4 Å². The van der Waals surface area contributed by atoms with Crippen molar-refractivity contribution in [3.63, 3.8) is 0 Å². The Morgan fingerprint density at radius 2 is 1.82 bits per heavy atom. The lowest BCUT2D eigenvalue weighted by Crippen LogP contribution is -2.19. The third-order valence-corrected chi connectivity index (χ3v) is 5.05. The Morgan fingerprint density at radius 3 is 2.61 bits per heavy atom. The molecule has 0 radical (unpaired) electrons. The molecule has 0 aliphatic carbocycles. The maximum atomic E-state index is 12.5. The zero-order valence-electron chi connectivity index (χ0n) is 14.9. The number of aromatic nitrogens is 2. The molecule has 2 amide bonds. The number of imidazole rings is 1. The van der Waals surface area contributed by atoms with Gasteiger partial charge in [0.25, 0.3) is 0 Å². The number of amides is 2. The van der Waals surface area contributed by atoms with Crippen LogP contribution >= 0.6 is 23.2 Å². The second-order valence-corrected chi connectivity index (χ2v) is 7.12. The van der Waals surface area contributed by atoms with Gasteiger partial charge in [-0.25, -0.2) is 9.78 Å². The predicted octanol–water partition coefficient (Wildman–Crippen LogP) is 6.26. The standard InChI is InChI=1S/C21H16Cl2N4O/c1-13-5-4-10-27-12-19(25-20(13)27)15-6-2-3-7-18(15)26-21(28)24-14-8-9-16(22)17(23)11-14/h2-12H,1H3,(H2,24,26,28). The van der Waals surface area contributed by atoms with E-state index < -0.39 is 0 Å². The molecule has 2 N–H and O–H groups in total. The Labute approximate surface area is 171 Å². The fourth-order valence-corrected chi connectivity index (χ4v) is 3.26. The van der Waals surface area contributed by atoms with Gasteiger partial charge in [0.1, 0.15) is 5.65 Å². The molecule has 0 saturated carbocycles. The molecule has 5 nitrogen and oxygen atoms in total. The van der Waals surface area contributed by atoms with Crippen molar-refractivity contribution in [2.75, 3.05) is 10.6 Å². The van der Waals surface area contributed by atoms with Gasteiger partial charge in [0.15, 0.2) is 0 Å². The Hall–Kier alpha value is -3.02. The summed E-state index contributed by atoms with van der Waals surface area (Å²) in [7, 11) is 0. The van der Waals surface area contributed by atoms with E-state index in [-0.39, 0.29) is 6.03 Å². The van der Waals surface area contributed by atoms with Gasteiger partial charge in [0.2, 0.25) is 0 Å². The SMILES string of the molecule is Cc1cccn2cc(-c3ccccc3NC(=O)Nc3ccc(Cl)c(Cl)c3)nc12. The van der Waals surface area contributed by atoms with Gasteiger partial charge < -0.3 is 15.0 Å². The smallest absolute Gasteiger partial charge is 0.308 e. The first kappa shape index (κ1) is 18.3. The average molecular weight is 411 g/mol. The summed E-state index contributed by atoms with van der Waals surface area (Å²) in [5, 5.41) is 6.43. The van der Waals surface area contributed by atoms with Gasteiger partial charge in [-0.3, -0.25) is 0 Å². The van der Waals surface area contributed by atoms with E-state index in [1.807, 2.05) is 60.1 Å². The highest BCUT2D eigenvalue weighted by atomic mass is 35.5. The number of para-hydroxylation sites is 1. The summed E-state index contributed by atoms with van der Waals surface area (Å²) >= 11 is 11.9. The van der Waals surface area contributed by atoms with Crippen LogP contribution in [0.1, 0.15) is 5.56 Å². The molecule has 0 aliphatic rings. The van der Waals surface area contributed by atoms with E-state index in [4.69, 9.17) is 28.2 Å². The van der Waals surface area contributed by atoms with Crippen molar-refractivity contribution >= 4 is 46.3 Å². The lowest BCUT2D eigenvalue weighted by molar-refractivity contribution is 0.262. The summed E-state index contributed by atoms with van der Waals surface area (Å²) in [6.07, 6.45) is 3.89. The number of fused-ring (bicyclic) bond motifs is 1. The average Bonchev–Trinajstić information content (AvgIpc) is 3.11. The molecule has 4 aromatic rings. The maximum Gasteiger partial charge on any atom is 0.323 e. The lowest BCUT2D eigenvalue weighted by atomic mass is 10.1. The minimum Gasteiger partial charge on any atom is -0.308 e. The number of hydrogen-bond acceptors (Lipinski definition) is 2. The number of nitrogens with one attached hydrogen (secondary N) is 2. The van der Waals surface area contributed by atoms with E-state index in [1.165, 1.54) is 0 Å². The number of urea groups is 1. The van der Waals surface area contributed by atoms with Crippen LogP contribution in [0.5, 0.6) is 0 Å². The zero-order valence-corrected chi connectivity index (χ0v) is 16.4. The molecule has 2 heterocycles. The number of rotatable bonds is 3. The normalized spacial score (nSPS) is 10.8. The molecule has 0 saturated heterocycles. The summed E-state index contributed by atoms with van der Waals surface area (Å²) in [5.41, 5.74) is 4.77. The summed E-state index contributed by atoms with van der Waals surface area (Å²) < 4.78 is 1.97. The Morgan fingerprint density at radius 1 is 1.00 bits per heavy atom. The van der Waals surface area contributed by atoms with Gasteiger partial charge in [-0.1, -0.05) is 47.5 Å². The third kappa shape index (κ3) is 3.67. The Bertz CT molecular complexity index is 1190. The van der Waals surface area contributed by atoms with Crippen LogP contribution in [-0.2, 0) is 0 Å². The van der Waals surface area contributed by atoms with Gasteiger partial charge >= 0.3 is 6.03 Å². The molecule has 0 fully saturated rings. The lowest BCUT2D eigenvalue weighted by Gasteiger charge is -2.11. The minimum absolute atomic E-state index is 0.375. The largest absolute Gasteiger partial charge is 0.323 e. The number of aryl methyl sites for hydroxylation is 1. The molecule has 7 heteroatoms. The Kier molecular flexibility index (Phi) is 4.94. The molecule has 0 atom stereocenters. The first-order chi connectivity index (χ1) is 13.5. The number of pyridine rings is 1. The van der Waals surface area contributed by atoms with Crippen molar-refractivity contribution in [2.24, 2.45) is 0 Å². The quantitative estimate of drug-likeness (QED) is 0.418. The van der Waals surface area contributed by atoms with Crippen molar-refractivity contribution in [3.8, 4) is 11.3 Å². The second kappa shape index (κ2) is 7.54. The molecule has 4 rings (SSSR count). The number of benzene rings is 2. The molecule has 2 aromatic carbocycles. The van der Waals surface area contributed by atoms with Crippen LogP contribution in [-0.4, -0.2) is 15.4 Å². The second-order valence-electron chi connectivity index (χ2n) is 6.30. The zero-order chi connectivity index (χ0) is 19.7. The molecular weight excluding hydrogens is 395 g/mol. The van der Waals surface area contributed by atoms with Crippen LogP contribution in [0.2, 0.25) is 10.0 Å². The van der Waals surface area contributed by atoms with Crippen LogP contribution < -0.4 is 10.6 Å². The predicted molar refractivity (Wildman–Crippen MR) is 114 cm³/mol. The highest BCUT2D eigenvalue weighted by Crippen LogP contribution is 2.29. The van der Waals surface area contributed by atoms with Crippen molar-refractivity contribution in [3.05, 3.63) is 82.6 Å². The van der Waals surface area contributed by atoms with E-state index in [9.17, 15) is 4.79 Å². The fourth-order valence-electron chi connectivity index (χ4n) is 2.96. The maximum absolute atomic E-state index is 12.5. The van der Waals surface area contributed by atoms with Crippen molar-refractivity contribution in [1.82, 2.24) is 9.38 Å². The molecule has 140 valence electrons. The summed E-state index contributed by atoms with van der Waals surface area (Å²) in [4.78, 5) is 17.2. The summed E-state index contributed by atoms with van der Waals surface area (Å²) in [5.74, 6) is 0. The summed E-state index contributed by atoms with van der Waals surface area (Å²) in [6, 6.07) is 16.0. The van der Waals surface area contributed by atoms with E-state index in [1.54, 1.807) is 18.2 Å². The van der Waals surface area contributed by atoms with Crippen LogP contribution in [0, 0.1) is 6.92 Å². The monoisotopic (exact) mass is 410 g/mol. The van der Waals surface area contributed by atoms with E-state index in [2.05, 4.69) is 10.6 Å². The topological polar surface area (TPSA) is 58.4 Å². The number of hydrogen-bond donors (Lipinski definition) is 2. The van der Waals surface area contributed by atoms with E-state index in [0.29, 0.717) is 21.4 Å². The van der Waals surface area contributed by atoms with Crippen molar-refractivity contribution in [2.45, 2.75) is 6.92 Å². The molecular formula is C21H16Cl2N4O. The van der Waals surface area contributed by atoms with Crippen LogP contribution in [0.4, 0.5) is 16.2 Å². The van der Waals surface area contributed by atoms with E-state index >= 15 is 0 Å². The summed E-state index contributed by atoms with van der Waals surface area (Å²) in [6.45, 7) is 2.01. The minimum atomic E-state index is -0.384. The molecule has 0 spiro atoms. The Balaban J connectivity index is 1.61. The molecule has 0 aliphatic heterocycles. The number of anilines is 2. The highest BCUT2D eigenvalue weighted by molar-refractivity contribution is 6.42. The number of carbonyl (C=O) groups is 1. The highest BCUT2D eigenvalue weighted by Gasteiger charge is 2.12. The van der Waals surface area contributed by atoms with Gasteiger partial charge in [-0.15, -0.1) is 0 Å². The first-order valence-electron chi connectivity index (χ1n) is 8.58. The molecule has 0 unspecified atom stereocenters. The van der Waals surface area contributed by atoms with Crippen molar-refractivity contribution < 1.29 is 4.79 Å². The van der Waals surface area contributed by atoms with Crippen LogP contribution in [0.3, 0.4) is 0 Å². The molecule has 2 aromatic heterocycles. The fraction of sp³-hybridized carbons (Fsp3) is 0.0476. The first-order valence-corrected chi connectivity index (χ1v) is 9.33. The van der Waals surface area contributed by atoms with Gasteiger partial charge in [-0.05, 0) is 42.8 Å². The van der Waals surface area contributed by atoms with Gasteiger partial charge in [-0.2, -0.15) is 0 Å². The number of nitrogens with zero attached hydrogens (tertiary/aromatic N) is 2. The molecule has 28 heavy (non-hydrogen) atoms. The van der Waals surface area contributed by atoms with Crippen LogP contribution in [0.15, 0.2) is 67.0 Å².